The largest absolute Gasteiger partial charge is 0.368 e. The van der Waals surface area contributed by atoms with E-state index in [-0.39, 0.29) is 5.91 Å². The summed E-state index contributed by atoms with van der Waals surface area (Å²) in [6.45, 7) is 5.52. The van der Waals surface area contributed by atoms with Crippen LogP contribution in [0.4, 0.5) is 11.5 Å². The molecular weight excluding hydrogens is 462 g/mol. The number of fused-ring (bicyclic) bond motifs is 4. The van der Waals surface area contributed by atoms with Gasteiger partial charge in [-0.1, -0.05) is 11.6 Å². The van der Waals surface area contributed by atoms with E-state index in [4.69, 9.17) is 16.6 Å². The van der Waals surface area contributed by atoms with Crippen LogP contribution >= 0.6 is 11.6 Å². The molecular formula is C27H32ClN5O2. The van der Waals surface area contributed by atoms with Crippen LogP contribution in [0.2, 0.25) is 5.02 Å². The SMILES string of the molecule is O=C(c1cccnc1N1C[C@H]2C[C@H](C1)[C@H]1CCCC(=O)N1C2)N1CCN(c2ccc(Cl)cc2)CC1. The topological polar surface area (TPSA) is 60.0 Å². The van der Waals surface area contributed by atoms with Gasteiger partial charge < -0.3 is 19.6 Å². The maximum atomic E-state index is 13.6. The molecule has 0 radical (unpaired) electrons. The Morgan fingerprint density at radius 3 is 2.57 bits per heavy atom. The summed E-state index contributed by atoms with van der Waals surface area (Å²) < 4.78 is 0. The van der Waals surface area contributed by atoms with E-state index in [1.165, 1.54) is 6.42 Å². The third-order valence-corrected chi connectivity index (χ3v) is 8.51. The number of nitrogens with zero attached hydrogens (tertiary/aromatic N) is 5. The molecule has 184 valence electrons. The smallest absolute Gasteiger partial charge is 0.257 e. The lowest BCUT2D eigenvalue weighted by Gasteiger charge is -2.52. The van der Waals surface area contributed by atoms with Crippen LogP contribution in [-0.4, -0.2) is 78.5 Å². The number of carbonyl (C=O) groups is 2. The fraction of sp³-hybridized carbons (Fsp3) is 0.519. The Morgan fingerprint density at radius 1 is 0.971 bits per heavy atom. The molecule has 4 saturated heterocycles. The predicted octanol–water partition coefficient (Wildman–Crippen LogP) is 3.53. The number of piperidine rings is 3. The third kappa shape index (κ3) is 4.35. The molecule has 8 heteroatoms. The Kier molecular flexibility index (Phi) is 6.04. The Bertz CT molecular complexity index is 1100. The molecule has 0 N–H and O–H groups in total. The highest BCUT2D eigenvalue weighted by Gasteiger charge is 2.44. The van der Waals surface area contributed by atoms with Crippen molar-refractivity contribution in [3.63, 3.8) is 0 Å². The maximum Gasteiger partial charge on any atom is 0.257 e. The number of amides is 2. The van der Waals surface area contributed by atoms with Crippen LogP contribution in [0.15, 0.2) is 42.6 Å². The molecule has 2 bridgehead atoms. The second-order valence-corrected chi connectivity index (χ2v) is 10.8. The van der Waals surface area contributed by atoms with Gasteiger partial charge in [-0.3, -0.25) is 9.59 Å². The van der Waals surface area contributed by atoms with Gasteiger partial charge in [-0.25, -0.2) is 4.98 Å². The number of hydrogen-bond acceptors (Lipinski definition) is 5. The lowest BCUT2D eigenvalue weighted by atomic mass is 9.76. The van der Waals surface area contributed by atoms with E-state index < -0.39 is 0 Å². The van der Waals surface area contributed by atoms with Crippen LogP contribution in [0.25, 0.3) is 0 Å². The molecule has 6 rings (SSSR count). The zero-order valence-corrected chi connectivity index (χ0v) is 20.7. The summed E-state index contributed by atoms with van der Waals surface area (Å²) >= 11 is 6.03. The fourth-order valence-electron chi connectivity index (χ4n) is 6.59. The number of hydrogen-bond donors (Lipinski definition) is 0. The van der Waals surface area contributed by atoms with Crippen molar-refractivity contribution in [2.75, 3.05) is 55.6 Å². The summed E-state index contributed by atoms with van der Waals surface area (Å²) in [4.78, 5) is 39.6. The number of aromatic nitrogens is 1. The van der Waals surface area contributed by atoms with Gasteiger partial charge in [0.1, 0.15) is 5.82 Å². The number of piperazine rings is 1. The van der Waals surface area contributed by atoms with Crippen LogP contribution in [0.5, 0.6) is 0 Å². The first-order chi connectivity index (χ1) is 17.1. The fourth-order valence-corrected chi connectivity index (χ4v) is 6.71. The second kappa shape index (κ2) is 9.34. The summed E-state index contributed by atoms with van der Waals surface area (Å²) in [5.74, 6) is 2.10. The van der Waals surface area contributed by atoms with Gasteiger partial charge in [0.15, 0.2) is 0 Å². The summed E-state index contributed by atoms with van der Waals surface area (Å²) in [5, 5.41) is 0.733. The van der Waals surface area contributed by atoms with Gasteiger partial charge in [0.2, 0.25) is 5.91 Å². The Morgan fingerprint density at radius 2 is 1.77 bits per heavy atom. The van der Waals surface area contributed by atoms with E-state index in [1.54, 1.807) is 6.20 Å². The highest BCUT2D eigenvalue weighted by atomic mass is 35.5. The predicted molar refractivity (Wildman–Crippen MR) is 137 cm³/mol. The molecule has 2 aromatic rings. The third-order valence-electron chi connectivity index (χ3n) is 8.26. The summed E-state index contributed by atoms with van der Waals surface area (Å²) in [6, 6.07) is 12.0. The second-order valence-electron chi connectivity index (χ2n) is 10.4. The van der Waals surface area contributed by atoms with Crippen LogP contribution in [0.1, 0.15) is 36.0 Å². The van der Waals surface area contributed by atoms with Crippen LogP contribution < -0.4 is 9.80 Å². The van der Waals surface area contributed by atoms with Crippen molar-refractivity contribution in [2.45, 2.75) is 31.7 Å². The van der Waals surface area contributed by atoms with Crippen LogP contribution in [0, 0.1) is 11.8 Å². The molecule has 4 aliphatic rings. The first-order valence-electron chi connectivity index (χ1n) is 12.9. The van der Waals surface area contributed by atoms with Crippen molar-refractivity contribution in [1.29, 1.82) is 0 Å². The monoisotopic (exact) mass is 493 g/mol. The van der Waals surface area contributed by atoms with Gasteiger partial charge in [0.05, 0.1) is 5.56 Å². The van der Waals surface area contributed by atoms with Crippen LogP contribution in [-0.2, 0) is 4.79 Å². The first-order valence-corrected chi connectivity index (χ1v) is 13.2. The van der Waals surface area contributed by atoms with Crippen molar-refractivity contribution in [2.24, 2.45) is 11.8 Å². The lowest BCUT2D eigenvalue weighted by molar-refractivity contribution is -0.142. The van der Waals surface area contributed by atoms with E-state index >= 15 is 0 Å². The van der Waals surface area contributed by atoms with Gasteiger partial charge in [-0.15, -0.1) is 0 Å². The number of benzene rings is 1. The van der Waals surface area contributed by atoms with E-state index in [2.05, 4.69) is 14.7 Å². The molecule has 4 aliphatic heterocycles. The van der Waals surface area contributed by atoms with Crippen LogP contribution in [0.3, 0.4) is 0 Å². The summed E-state index contributed by atoms with van der Waals surface area (Å²) in [6.07, 6.45) is 5.77. The van der Waals surface area contributed by atoms with Crippen molar-refractivity contribution in [1.82, 2.24) is 14.8 Å². The molecule has 0 unspecified atom stereocenters. The Labute approximate surface area is 211 Å². The number of pyridine rings is 1. The first kappa shape index (κ1) is 22.7. The average Bonchev–Trinajstić information content (AvgIpc) is 2.89. The van der Waals surface area contributed by atoms with E-state index in [9.17, 15) is 9.59 Å². The molecule has 5 heterocycles. The highest BCUT2D eigenvalue weighted by molar-refractivity contribution is 6.30. The number of halogens is 1. The molecule has 7 nitrogen and oxygen atoms in total. The standard InChI is InChI=1S/C27H32ClN5O2/c28-21-6-8-22(9-7-21)30-11-13-31(14-12-30)27(35)23-3-2-10-29-26(23)32-16-19-15-20(18-32)24-4-1-5-25(34)33(24)17-19/h2-3,6-10,19-20,24H,1,4-5,11-18H2/t19-,20-,24-/m1/s1. The minimum Gasteiger partial charge on any atom is -0.368 e. The van der Waals surface area contributed by atoms with Crippen molar-refractivity contribution in [3.8, 4) is 0 Å². The lowest BCUT2D eigenvalue weighted by Crippen LogP contribution is -2.60. The highest BCUT2D eigenvalue weighted by Crippen LogP contribution is 2.39. The summed E-state index contributed by atoms with van der Waals surface area (Å²) in [7, 11) is 0. The Hall–Kier alpha value is -2.80. The van der Waals surface area contributed by atoms with Gasteiger partial charge in [0.25, 0.3) is 5.91 Å². The van der Waals surface area contributed by atoms with Gasteiger partial charge >= 0.3 is 0 Å². The minimum absolute atomic E-state index is 0.0639. The number of rotatable bonds is 3. The molecule has 2 amide bonds. The molecule has 1 aromatic carbocycles. The van der Waals surface area contributed by atoms with Crippen molar-refractivity contribution >= 4 is 34.9 Å². The van der Waals surface area contributed by atoms with Crippen molar-refractivity contribution in [3.05, 3.63) is 53.2 Å². The normalized spacial score (nSPS) is 26.5. The molecule has 1 aromatic heterocycles. The summed E-state index contributed by atoms with van der Waals surface area (Å²) in [5.41, 5.74) is 1.84. The maximum absolute atomic E-state index is 13.6. The number of carbonyl (C=O) groups excluding carboxylic acids is 2. The molecule has 4 fully saturated rings. The van der Waals surface area contributed by atoms with Crippen molar-refractivity contribution < 1.29 is 9.59 Å². The average molecular weight is 494 g/mol. The van der Waals surface area contributed by atoms with Gasteiger partial charge in [-0.05, 0) is 67.5 Å². The van der Waals surface area contributed by atoms with Gasteiger partial charge in [-0.2, -0.15) is 0 Å². The van der Waals surface area contributed by atoms with Gasteiger partial charge in [0, 0.05) is 75.2 Å². The quantitative estimate of drug-likeness (QED) is 0.654. The Balaban J connectivity index is 1.16. The minimum atomic E-state index is 0.0639. The van der Waals surface area contributed by atoms with E-state index in [0.29, 0.717) is 48.9 Å². The van der Waals surface area contributed by atoms with E-state index in [0.717, 1.165) is 62.1 Å². The molecule has 3 atom stereocenters. The zero-order chi connectivity index (χ0) is 23.9. The molecule has 35 heavy (non-hydrogen) atoms. The molecule has 0 spiro atoms. The molecule has 0 saturated carbocycles. The molecule has 0 aliphatic carbocycles. The zero-order valence-electron chi connectivity index (χ0n) is 20.0. The van der Waals surface area contributed by atoms with E-state index in [1.807, 2.05) is 41.3 Å². The number of anilines is 2.